The largest absolute Gasteiger partial charge is 0.268 e. The lowest BCUT2D eigenvalue weighted by atomic mass is 9.88. The fraction of sp³-hybridized carbons (Fsp3) is 0.316. The third-order valence-corrected chi connectivity index (χ3v) is 6.46. The van der Waals surface area contributed by atoms with Crippen molar-refractivity contribution >= 4 is 27.3 Å². The van der Waals surface area contributed by atoms with Crippen LogP contribution in [-0.4, -0.2) is 19.2 Å². The highest BCUT2D eigenvalue weighted by atomic mass is 32.1. The SMILES string of the molecule is Cc1ccc(-n2c(=O)c3c4c(sc3n3cnnc23)CCC[C@H]4C)cc1. The minimum absolute atomic E-state index is 0.0191. The summed E-state index contributed by atoms with van der Waals surface area (Å²) in [6.45, 7) is 4.27. The summed E-state index contributed by atoms with van der Waals surface area (Å²) in [5, 5.41) is 9.16. The second-order valence-corrected chi connectivity index (χ2v) is 7.97. The van der Waals surface area contributed by atoms with Crippen molar-refractivity contribution in [2.45, 2.75) is 39.0 Å². The number of aryl methyl sites for hydroxylation is 2. The molecule has 0 radical (unpaired) electrons. The molecule has 1 aliphatic rings. The predicted octanol–water partition coefficient (Wildman–Crippen LogP) is 3.84. The lowest BCUT2D eigenvalue weighted by Gasteiger charge is -2.18. The summed E-state index contributed by atoms with van der Waals surface area (Å²) in [4.78, 5) is 15.8. The summed E-state index contributed by atoms with van der Waals surface area (Å²) in [6, 6.07) is 7.98. The highest BCUT2D eigenvalue weighted by molar-refractivity contribution is 7.18. The van der Waals surface area contributed by atoms with Gasteiger partial charge in [-0.15, -0.1) is 21.5 Å². The number of hydrogen-bond donors (Lipinski definition) is 0. The van der Waals surface area contributed by atoms with Crippen molar-refractivity contribution in [1.82, 2.24) is 19.2 Å². The Kier molecular flexibility index (Phi) is 3.12. The molecule has 1 aromatic carbocycles. The van der Waals surface area contributed by atoms with Gasteiger partial charge in [0.1, 0.15) is 11.2 Å². The van der Waals surface area contributed by atoms with Crippen molar-refractivity contribution in [3.63, 3.8) is 0 Å². The molecule has 5 rings (SSSR count). The molecular weight excluding hydrogens is 332 g/mol. The van der Waals surface area contributed by atoms with Gasteiger partial charge in [-0.2, -0.15) is 0 Å². The van der Waals surface area contributed by atoms with Gasteiger partial charge in [-0.25, -0.2) is 4.57 Å². The number of rotatable bonds is 1. The van der Waals surface area contributed by atoms with Gasteiger partial charge in [-0.3, -0.25) is 9.20 Å². The lowest BCUT2D eigenvalue weighted by molar-refractivity contribution is 0.601. The molecule has 0 fully saturated rings. The van der Waals surface area contributed by atoms with Crippen molar-refractivity contribution in [2.24, 2.45) is 0 Å². The first kappa shape index (κ1) is 14.8. The smallest absolute Gasteiger partial charge is 0.268 e. The Hall–Kier alpha value is -2.47. The van der Waals surface area contributed by atoms with Crippen LogP contribution in [0.4, 0.5) is 0 Å². The first-order valence-corrected chi connectivity index (χ1v) is 9.44. The molecule has 0 N–H and O–H groups in total. The molecule has 3 heterocycles. The number of thiophene rings is 1. The van der Waals surface area contributed by atoms with E-state index in [0.717, 1.165) is 34.3 Å². The van der Waals surface area contributed by atoms with E-state index in [1.54, 1.807) is 22.2 Å². The van der Waals surface area contributed by atoms with Crippen LogP contribution in [0, 0.1) is 6.92 Å². The molecule has 1 aliphatic carbocycles. The normalized spacial score (nSPS) is 17.3. The van der Waals surface area contributed by atoms with Crippen LogP contribution in [0.15, 0.2) is 35.4 Å². The molecule has 5 nitrogen and oxygen atoms in total. The van der Waals surface area contributed by atoms with Gasteiger partial charge < -0.3 is 0 Å². The molecule has 0 aliphatic heterocycles. The fourth-order valence-electron chi connectivity index (χ4n) is 3.93. The van der Waals surface area contributed by atoms with E-state index in [0.29, 0.717) is 11.7 Å². The summed E-state index contributed by atoms with van der Waals surface area (Å²) in [6.07, 6.45) is 5.11. The van der Waals surface area contributed by atoms with Crippen LogP contribution in [-0.2, 0) is 6.42 Å². The number of aromatic nitrogens is 4. The summed E-state index contributed by atoms with van der Waals surface area (Å²) in [7, 11) is 0. The molecule has 126 valence electrons. The van der Waals surface area contributed by atoms with Crippen molar-refractivity contribution in [1.29, 1.82) is 0 Å². The maximum atomic E-state index is 13.5. The Morgan fingerprint density at radius 3 is 2.84 bits per heavy atom. The third-order valence-electron chi connectivity index (χ3n) is 5.19. The third kappa shape index (κ3) is 2.03. The number of benzene rings is 1. The molecule has 0 bridgehead atoms. The van der Waals surface area contributed by atoms with Crippen LogP contribution in [0.2, 0.25) is 0 Å². The van der Waals surface area contributed by atoms with E-state index in [2.05, 4.69) is 17.1 Å². The average Bonchev–Trinajstić information content (AvgIpc) is 3.21. The highest BCUT2D eigenvalue weighted by Crippen LogP contribution is 2.41. The Labute approximate surface area is 148 Å². The molecule has 3 aromatic heterocycles. The molecule has 0 saturated carbocycles. The standard InChI is InChI=1S/C19H18N4OS/c1-11-6-8-13(9-7-11)23-17(24)16-15-12(2)4-3-5-14(15)25-18(16)22-10-20-21-19(22)23/h6-10,12H,3-5H2,1-2H3/t12-/m1/s1. The Morgan fingerprint density at radius 1 is 1.24 bits per heavy atom. The number of nitrogens with zero attached hydrogens (tertiary/aromatic N) is 4. The fourth-order valence-corrected chi connectivity index (χ4v) is 5.35. The Morgan fingerprint density at radius 2 is 2.04 bits per heavy atom. The van der Waals surface area contributed by atoms with E-state index >= 15 is 0 Å². The molecule has 1 atom stereocenters. The molecule has 0 spiro atoms. The lowest BCUT2D eigenvalue weighted by Crippen LogP contribution is -2.22. The quantitative estimate of drug-likeness (QED) is 0.524. The van der Waals surface area contributed by atoms with Crippen LogP contribution in [0.5, 0.6) is 0 Å². The van der Waals surface area contributed by atoms with Gasteiger partial charge in [-0.05, 0) is 49.8 Å². The molecule has 25 heavy (non-hydrogen) atoms. The highest BCUT2D eigenvalue weighted by Gasteiger charge is 2.27. The van der Waals surface area contributed by atoms with E-state index in [-0.39, 0.29) is 5.56 Å². The van der Waals surface area contributed by atoms with E-state index < -0.39 is 0 Å². The van der Waals surface area contributed by atoms with Gasteiger partial charge in [0, 0.05) is 4.88 Å². The molecule has 6 heteroatoms. The Bertz CT molecular complexity index is 1170. The van der Waals surface area contributed by atoms with Gasteiger partial charge in [-0.1, -0.05) is 24.6 Å². The van der Waals surface area contributed by atoms with Crippen molar-refractivity contribution < 1.29 is 0 Å². The van der Waals surface area contributed by atoms with E-state index in [1.807, 2.05) is 35.6 Å². The zero-order valence-corrected chi connectivity index (χ0v) is 15.0. The molecule has 0 amide bonds. The van der Waals surface area contributed by atoms with E-state index in [4.69, 9.17) is 0 Å². The first-order valence-electron chi connectivity index (χ1n) is 8.62. The zero-order valence-electron chi connectivity index (χ0n) is 14.2. The predicted molar refractivity (Wildman–Crippen MR) is 100 cm³/mol. The van der Waals surface area contributed by atoms with Gasteiger partial charge in [0.05, 0.1) is 11.1 Å². The van der Waals surface area contributed by atoms with Crippen LogP contribution < -0.4 is 5.56 Å². The van der Waals surface area contributed by atoms with E-state index in [1.165, 1.54) is 16.9 Å². The molecule has 0 saturated heterocycles. The second kappa shape index (κ2) is 5.26. The van der Waals surface area contributed by atoms with Crippen LogP contribution in [0.3, 0.4) is 0 Å². The molecule has 0 unspecified atom stereocenters. The Balaban J connectivity index is 1.96. The number of fused-ring (bicyclic) bond motifs is 5. The average molecular weight is 350 g/mol. The first-order chi connectivity index (χ1) is 12.1. The van der Waals surface area contributed by atoms with Gasteiger partial charge in [0.2, 0.25) is 5.78 Å². The van der Waals surface area contributed by atoms with Crippen LogP contribution in [0.1, 0.15) is 41.7 Å². The van der Waals surface area contributed by atoms with Crippen molar-refractivity contribution in [2.75, 3.05) is 0 Å². The summed E-state index contributed by atoms with van der Waals surface area (Å²) in [5.41, 5.74) is 3.26. The van der Waals surface area contributed by atoms with Crippen LogP contribution >= 0.6 is 11.3 Å². The van der Waals surface area contributed by atoms with Gasteiger partial charge in [0.15, 0.2) is 0 Å². The molecular formula is C19H18N4OS. The maximum absolute atomic E-state index is 13.5. The second-order valence-electron chi connectivity index (χ2n) is 6.89. The van der Waals surface area contributed by atoms with Crippen molar-refractivity contribution in [3.8, 4) is 5.69 Å². The molecule has 4 aromatic rings. The maximum Gasteiger partial charge on any atom is 0.268 e. The zero-order chi connectivity index (χ0) is 17.1. The summed E-state index contributed by atoms with van der Waals surface area (Å²) < 4.78 is 3.66. The van der Waals surface area contributed by atoms with Crippen molar-refractivity contribution in [3.05, 3.63) is 57.0 Å². The van der Waals surface area contributed by atoms with E-state index in [9.17, 15) is 4.79 Å². The summed E-state index contributed by atoms with van der Waals surface area (Å²) in [5.74, 6) is 0.998. The monoisotopic (exact) mass is 350 g/mol. The van der Waals surface area contributed by atoms with Crippen LogP contribution in [0.25, 0.3) is 21.7 Å². The van der Waals surface area contributed by atoms with Gasteiger partial charge in [0.25, 0.3) is 5.56 Å². The minimum Gasteiger partial charge on any atom is -0.268 e. The topological polar surface area (TPSA) is 52.2 Å². The van der Waals surface area contributed by atoms with Gasteiger partial charge >= 0.3 is 0 Å². The summed E-state index contributed by atoms with van der Waals surface area (Å²) >= 11 is 1.73. The minimum atomic E-state index is 0.0191. The number of hydrogen-bond acceptors (Lipinski definition) is 4.